The van der Waals surface area contributed by atoms with Crippen LogP contribution in [0.3, 0.4) is 0 Å². The van der Waals surface area contributed by atoms with Crippen molar-refractivity contribution in [2.24, 2.45) is 0 Å². The van der Waals surface area contributed by atoms with Crippen molar-refractivity contribution in [1.29, 1.82) is 0 Å². The number of benzene rings is 2. The average Bonchev–Trinajstić information content (AvgIpc) is 2.96. The molecule has 4 rings (SSSR count). The van der Waals surface area contributed by atoms with E-state index in [0.717, 1.165) is 12.8 Å². The quantitative estimate of drug-likeness (QED) is 0.599. The second kappa shape index (κ2) is 6.49. The van der Waals surface area contributed by atoms with Crippen molar-refractivity contribution in [3.63, 3.8) is 0 Å². The van der Waals surface area contributed by atoms with Gasteiger partial charge in [-0.15, -0.1) is 0 Å². The van der Waals surface area contributed by atoms with Gasteiger partial charge in [0.2, 0.25) is 0 Å². The fraction of sp³-hybridized carbons (Fsp3) is 0.167. The number of allylic oxidation sites excluding steroid dienone is 8. The van der Waals surface area contributed by atoms with Gasteiger partial charge in [-0.1, -0.05) is 91.9 Å². The van der Waals surface area contributed by atoms with Crippen LogP contribution in [0.25, 0.3) is 11.1 Å². The molecule has 0 bridgehead atoms. The minimum absolute atomic E-state index is 0.458. The summed E-state index contributed by atoms with van der Waals surface area (Å²) in [6, 6.07) is 19.7. The molecule has 24 heavy (non-hydrogen) atoms. The molecule has 0 heteroatoms. The van der Waals surface area contributed by atoms with Gasteiger partial charge in [-0.25, -0.2) is 0 Å². The average molecular weight is 310 g/mol. The highest BCUT2D eigenvalue weighted by Crippen LogP contribution is 2.40. The molecule has 0 saturated heterocycles. The molecule has 0 amide bonds. The van der Waals surface area contributed by atoms with Gasteiger partial charge in [0.05, 0.1) is 0 Å². The fourth-order valence-corrected chi connectivity index (χ4v) is 3.63. The van der Waals surface area contributed by atoms with Crippen LogP contribution in [-0.2, 0) is 0 Å². The van der Waals surface area contributed by atoms with E-state index >= 15 is 0 Å². The zero-order valence-corrected chi connectivity index (χ0v) is 14.1. The van der Waals surface area contributed by atoms with E-state index in [2.05, 4.69) is 91.9 Å². The molecule has 0 spiro atoms. The summed E-state index contributed by atoms with van der Waals surface area (Å²) in [5.74, 6) is 0.458. The second-order valence-corrected chi connectivity index (χ2v) is 6.50. The molecule has 0 saturated carbocycles. The lowest BCUT2D eigenvalue weighted by molar-refractivity contribution is 0.828. The maximum Gasteiger partial charge on any atom is 0.0130 e. The molecule has 0 N–H and O–H groups in total. The molecule has 1 unspecified atom stereocenters. The van der Waals surface area contributed by atoms with Gasteiger partial charge in [0.1, 0.15) is 0 Å². The Bertz CT molecular complexity index is 843. The van der Waals surface area contributed by atoms with Crippen LogP contribution >= 0.6 is 0 Å². The third-order valence-electron chi connectivity index (χ3n) is 5.00. The van der Waals surface area contributed by atoms with Crippen molar-refractivity contribution in [2.75, 3.05) is 0 Å². The topological polar surface area (TPSA) is 0 Å². The molecular weight excluding hydrogens is 288 g/mol. The molecule has 0 aliphatic heterocycles. The monoisotopic (exact) mass is 310 g/mol. The zero-order valence-electron chi connectivity index (χ0n) is 14.1. The first-order valence-electron chi connectivity index (χ1n) is 8.80. The summed E-state index contributed by atoms with van der Waals surface area (Å²) in [5, 5.41) is 0. The molecule has 0 aromatic heterocycles. The Hall–Kier alpha value is -2.60. The van der Waals surface area contributed by atoms with Crippen LogP contribution in [-0.4, -0.2) is 0 Å². The fourth-order valence-electron chi connectivity index (χ4n) is 3.63. The van der Waals surface area contributed by atoms with Crippen LogP contribution < -0.4 is 0 Å². The smallest absolute Gasteiger partial charge is 0.0130 e. The zero-order chi connectivity index (χ0) is 16.4. The van der Waals surface area contributed by atoms with Crippen molar-refractivity contribution in [2.45, 2.75) is 25.7 Å². The van der Waals surface area contributed by atoms with Crippen molar-refractivity contribution >= 4 is 0 Å². The Labute approximate surface area is 144 Å². The first-order valence-corrected chi connectivity index (χ1v) is 8.80. The number of hydrogen-bond acceptors (Lipinski definition) is 0. The van der Waals surface area contributed by atoms with E-state index in [0.29, 0.717) is 5.92 Å². The molecule has 0 radical (unpaired) electrons. The number of rotatable bonds is 3. The molecule has 118 valence electrons. The van der Waals surface area contributed by atoms with E-state index in [1.807, 2.05) is 0 Å². The standard InChI is InChI=1S/C24H22/c1-2-18-16-22-10-6-7-11-23(24(22)17-18)21-14-12-20(13-15-21)19-8-4-3-5-9-19/h3-10,12-17,23H,2,11H2,1H3. The molecule has 2 aromatic carbocycles. The van der Waals surface area contributed by atoms with Gasteiger partial charge in [-0.2, -0.15) is 0 Å². The molecule has 1 atom stereocenters. The Kier molecular flexibility index (Phi) is 4.04. The molecule has 0 fully saturated rings. The normalized spacial score (nSPS) is 19.2. The predicted octanol–water partition coefficient (Wildman–Crippen LogP) is 6.60. The summed E-state index contributed by atoms with van der Waals surface area (Å²) in [4.78, 5) is 0. The Morgan fingerprint density at radius 3 is 2.38 bits per heavy atom. The van der Waals surface area contributed by atoms with Crippen molar-refractivity contribution in [3.8, 4) is 11.1 Å². The van der Waals surface area contributed by atoms with Crippen molar-refractivity contribution < 1.29 is 0 Å². The molecule has 0 heterocycles. The molecular formula is C24H22. The highest BCUT2D eigenvalue weighted by molar-refractivity contribution is 5.65. The van der Waals surface area contributed by atoms with E-state index in [1.54, 1.807) is 0 Å². The molecule has 2 aliphatic carbocycles. The van der Waals surface area contributed by atoms with E-state index in [4.69, 9.17) is 0 Å². The maximum atomic E-state index is 2.40. The largest absolute Gasteiger partial charge is 0.0836 e. The SMILES string of the molecule is CCC1=CC2=CC=CCC(c3ccc(-c4ccccc4)cc3)C2=C1. The molecule has 2 aromatic rings. The predicted molar refractivity (Wildman–Crippen MR) is 103 cm³/mol. The van der Waals surface area contributed by atoms with Crippen LogP contribution in [0.1, 0.15) is 31.2 Å². The Morgan fingerprint density at radius 2 is 1.62 bits per heavy atom. The van der Waals surface area contributed by atoms with Gasteiger partial charge in [0.25, 0.3) is 0 Å². The van der Waals surface area contributed by atoms with Gasteiger partial charge in [-0.05, 0) is 46.3 Å². The van der Waals surface area contributed by atoms with Crippen LogP contribution in [0.5, 0.6) is 0 Å². The van der Waals surface area contributed by atoms with E-state index in [9.17, 15) is 0 Å². The van der Waals surface area contributed by atoms with Crippen LogP contribution in [0.4, 0.5) is 0 Å². The molecule has 2 aliphatic rings. The first-order chi connectivity index (χ1) is 11.8. The van der Waals surface area contributed by atoms with Crippen LogP contribution in [0, 0.1) is 0 Å². The number of hydrogen-bond donors (Lipinski definition) is 0. The van der Waals surface area contributed by atoms with Crippen molar-refractivity contribution in [3.05, 3.63) is 107 Å². The third-order valence-corrected chi connectivity index (χ3v) is 5.00. The minimum Gasteiger partial charge on any atom is -0.0836 e. The summed E-state index contributed by atoms with van der Waals surface area (Å²) in [7, 11) is 0. The number of fused-ring (bicyclic) bond motifs is 1. The molecule has 0 nitrogen and oxygen atoms in total. The first kappa shape index (κ1) is 15.0. The van der Waals surface area contributed by atoms with Crippen LogP contribution in [0.15, 0.2) is 102 Å². The maximum absolute atomic E-state index is 2.40. The second-order valence-electron chi connectivity index (χ2n) is 6.50. The highest BCUT2D eigenvalue weighted by atomic mass is 14.3. The third kappa shape index (κ3) is 2.80. The Morgan fingerprint density at radius 1 is 0.875 bits per heavy atom. The van der Waals surface area contributed by atoms with Crippen LogP contribution in [0.2, 0.25) is 0 Å². The minimum atomic E-state index is 0.458. The summed E-state index contributed by atoms with van der Waals surface area (Å²) in [6.45, 7) is 2.23. The van der Waals surface area contributed by atoms with E-state index < -0.39 is 0 Å². The highest BCUT2D eigenvalue weighted by Gasteiger charge is 2.22. The van der Waals surface area contributed by atoms with Crippen molar-refractivity contribution in [1.82, 2.24) is 0 Å². The lowest BCUT2D eigenvalue weighted by Gasteiger charge is -2.18. The summed E-state index contributed by atoms with van der Waals surface area (Å²) in [6.07, 6.45) is 13.7. The summed E-state index contributed by atoms with van der Waals surface area (Å²) in [5.41, 5.74) is 8.27. The van der Waals surface area contributed by atoms with E-state index in [-0.39, 0.29) is 0 Å². The van der Waals surface area contributed by atoms with Gasteiger partial charge in [0.15, 0.2) is 0 Å². The lowest BCUT2D eigenvalue weighted by Crippen LogP contribution is -2.01. The van der Waals surface area contributed by atoms with Gasteiger partial charge in [-0.3, -0.25) is 0 Å². The summed E-state index contributed by atoms with van der Waals surface area (Å²) < 4.78 is 0. The van der Waals surface area contributed by atoms with E-state index in [1.165, 1.54) is 33.4 Å². The lowest BCUT2D eigenvalue weighted by atomic mass is 9.86. The van der Waals surface area contributed by atoms with Gasteiger partial charge >= 0.3 is 0 Å². The van der Waals surface area contributed by atoms with Gasteiger partial charge in [0, 0.05) is 5.92 Å². The summed E-state index contributed by atoms with van der Waals surface area (Å²) >= 11 is 0. The van der Waals surface area contributed by atoms with Gasteiger partial charge < -0.3 is 0 Å². The Balaban J connectivity index is 1.66.